The van der Waals surface area contributed by atoms with Crippen molar-refractivity contribution in [1.29, 1.82) is 0 Å². The van der Waals surface area contributed by atoms with Crippen molar-refractivity contribution in [3.8, 4) is 0 Å². The van der Waals surface area contributed by atoms with Gasteiger partial charge in [-0.2, -0.15) is 0 Å². The lowest BCUT2D eigenvalue weighted by Gasteiger charge is -2.35. The van der Waals surface area contributed by atoms with Gasteiger partial charge in [0, 0.05) is 56.9 Å². The number of hydrogen-bond donors (Lipinski definition) is 1. The van der Waals surface area contributed by atoms with Crippen LogP contribution >= 0.6 is 0 Å². The second kappa shape index (κ2) is 6.53. The van der Waals surface area contributed by atoms with Crippen LogP contribution in [0.15, 0.2) is 42.9 Å². The molecule has 2 N–H and O–H groups in total. The van der Waals surface area contributed by atoms with Crippen molar-refractivity contribution in [2.24, 2.45) is 5.73 Å². The molecule has 0 unspecified atom stereocenters. The van der Waals surface area contributed by atoms with E-state index in [9.17, 15) is 4.79 Å². The van der Waals surface area contributed by atoms with E-state index in [2.05, 4.69) is 25.8 Å². The average molecular weight is 297 g/mol. The largest absolute Gasteiger partial charge is 0.366 e. The molecule has 0 atom stereocenters. The second-order valence-corrected chi connectivity index (χ2v) is 5.39. The van der Waals surface area contributed by atoms with Gasteiger partial charge < -0.3 is 10.6 Å². The Hall–Kier alpha value is -2.47. The molecule has 0 spiro atoms. The molecule has 6 nitrogen and oxygen atoms in total. The molecule has 0 radical (unpaired) electrons. The van der Waals surface area contributed by atoms with Crippen LogP contribution in [0.2, 0.25) is 0 Å². The summed E-state index contributed by atoms with van der Waals surface area (Å²) in [7, 11) is 0. The lowest BCUT2D eigenvalue weighted by molar-refractivity contribution is 0.1000. The minimum Gasteiger partial charge on any atom is -0.366 e. The number of carbonyl (C=O) groups is 1. The first-order valence-corrected chi connectivity index (χ1v) is 7.34. The van der Waals surface area contributed by atoms with Gasteiger partial charge in [0.25, 0.3) is 0 Å². The second-order valence-electron chi connectivity index (χ2n) is 5.39. The number of primary amides is 1. The van der Waals surface area contributed by atoms with Gasteiger partial charge in [-0.05, 0) is 23.8 Å². The predicted octanol–water partition coefficient (Wildman–Crippen LogP) is 0.898. The summed E-state index contributed by atoms with van der Waals surface area (Å²) in [4.78, 5) is 24.3. The Kier molecular flexibility index (Phi) is 4.29. The van der Waals surface area contributed by atoms with Gasteiger partial charge in [-0.1, -0.05) is 6.07 Å². The number of carbonyl (C=O) groups excluding carboxylic acids is 1. The Morgan fingerprint density at radius 2 is 2.00 bits per heavy atom. The van der Waals surface area contributed by atoms with Gasteiger partial charge in [0.05, 0.1) is 0 Å². The van der Waals surface area contributed by atoms with Crippen molar-refractivity contribution < 1.29 is 4.79 Å². The van der Waals surface area contributed by atoms with E-state index >= 15 is 0 Å². The molecule has 2 aromatic rings. The Labute approximate surface area is 129 Å². The summed E-state index contributed by atoms with van der Waals surface area (Å²) in [5, 5.41) is 0. The summed E-state index contributed by atoms with van der Waals surface area (Å²) in [6, 6.07) is 7.46. The molecule has 114 valence electrons. The molecular formula is C16H19N5O. The van der Waals surface area contributed by atoms with Gasteiger partial charge in [0.1, 0.15) is 5.82 Å². The first-order valence-electron chi connectivity index (χ1n) is 7.34. The third-order valence-electron chi connectivity index (χ3n) is 3.86. The number of pyridine rings is 2. The number of amides is 1. The number of hydrogen-bond acceptors (Lipinski definition) is 5. The molecule has 0 aromatic carbocycles. The average Bonchev–Trinajstić information content (AvgIpc) is 2.56. The van der Waals surface area contributed by atoms with E-state index < -0.39 is 5.91 Å². The fourth-order valence-corrected chi connectivity index (χ4v) is 2.63. The van der Waals surface area contributed by atoms with Gasteiger partial charge in [-0.25, -0.2) is 4.98 Å². The Morgan fingerprint density at radius 3 is 2.68 bits per heavy atom. The van der Waals surface area contributed by atoms with Crippen LogP contribution in [0.1, 0.15) is 15.9 Å². The van der Waals surface area contributed by atoms with Gasteiger partial charge in [-0.3, -0.25) is 14.7 Å². The van der Waals surface area contributed by atoms with Crippen LogP contribution < -0.4 is 10.6 Å². The van der Waals surface area contributed by atoms with E-state index in [0.29, 0.717) is 5.56 Å². The van der Waals surface area contributed by atoms with Crippen molar-refractivity contribution in [2.45, 2.75) is 6.54 Å². The number of aromatic nitrogens is 2. The fraction of sp³-hybridized carbons (Fsp3) is 0.312. The molecule has 6 heteroatoms. The highest BCUT2D eigenvalue weighted by molar-refractivity contribution is 5.93. The molecule has 22 heavy (non-hydrogen) atoms. The van der Waals surface area contributed by atoms with Crippen LogP contribution in [0.3, 0.4) is 0 Å². The molecule has 1 saturated heterocycles. The van der Waals surface area contributed by atoms with E-state index in [4.69, 9.17) is 5.73 Å². The summed E-state index contributed by atoms with van der Waals surface area (Å²) in [6.07, 6.45) is 5.33. The zero-order chi connectivity index (χ0) is 15.4. The van der Waals surface area contributed by atoms with Crippen LogP contribution in [0, 0.1) is 0 Å². The Morgan fingerprint density at radius 1 is 1.18 bits per heavy atom. The number of anilines is 1. The van der Waals surface area contributed by atoms with Crippen molar-refractivity contribution >= 4 is 11.7 Å². The standard InChI is InChI=1S/C16H19N5O/c17-16(22)14-3-5-19-15(10-14)21-8-6-20(7-9-21)12-13-2-1-4-18-11-13/h1-5,10-11H,6-9,12H2,(H2,17,22). The molecule has 0 bridgehead atoms. The molecule has 1 fully saturated rings. The number of nitrogens with two attached hydrogens (primary N) is 1. The molecule has 3 heterocycles. The smallest absolute Gasteiger partial charge is 0.248 e. The van der Waals surface area contributed by atoms with Gasteiger partial charge in [0.2, 0.25) is 5.91 Å². The first kappa shape index (κ1) is 14.5. The van der Waals surface area contributed by atoms with Crippen molar-refractivity contribution in [3.05, 3.63) is 54.0 Å². The lowest BCUT2D eigenvalue weighted by atomic mass is 10.2. The van der Waals surface area contributed by atoms with E-state index in [1.54, 1.807) is 24.5 Å². The third-order valence-corrected chi connectivity index (χ3v) is 3.86. The summed E-state index contributed by atoms with van der Waals surface area (Å²) >= 11 is 0. The molecular weight excluding hydrogens is 278 g/mol. The number of rotatable bonds is 4. The van der Waals surface area contributed by atoms with Crippen molar-refractivity contribution in [1.82, 2.24) is 14.9 Å². The highest BCUT2D eigenvalue weighted by Gasteiger charge is 2.18. The monoisotopic (exact) mass is 297 g/mol. The predicted molar refractivity (Wildman–Crippen MR) is 84.5 cm³/mol. The molecule has 0 saturated carbocycles. The Bertz CT molecular complexity index is 638. The highest BCUT2D eigenvalue weighted by atomic mass is 16.1. The molecule has 1 amide bonds. The third kappa shape index (κ3) is 3.40. The van der Waals surface area contributed by atoms with Crippen LogP contribution in [0.5, 0.6) is 0 Å². The normalized spacial score (nSPS) is 15.7. The quantitative estimate of drug-likeness (QED) is 0.907. The van der Waals surface area contributed by atoms with Gasteiger partial charge in [0.15, 0.2) is 0 Å². The molecule has 1 aliphatic heterocycles. The fourth-order valence-electron chi connectivity index (χ4n) is 2.63. The minimum absolute atomic E-state index is 0.418. The Balaban J connectivity index is 1.60. The summed E-state index contributed by atoms with van der Waals surface area (Å²) in [5.41, 5.74) is 7.05. The number of nitrogens with zero attached hydrogens (tertiary/aromatic N) is 4. The van der Waals surface area contributed by atoms with Crippen LogP contribution in [0.25, 0.3) is 0 Å². The maximum absolute atomic E-state index is 11.3. The summed E-state index contributed by atoms with van der Waals surface area (Å²) in [5.74, 6) is 0.399. The van der Waals surface area contributed by atoms with E-state index in [1.165, 1.54) is 5.56 Å². The summed E-state index contributed by atoms with van der Waals surface area (Å²) < 4.78 is 0. The highest BCUT2D eigenvalue weighted by Crippen LogP contribution is 2.16. The van der Waals surface area contributed by atoms with Gasteiger partial charge >= 0.3 is 0 Å². The molecule has 0 aliphatic carbocycles. The zero-order valence-corrected chi connectivity index (χ0v) is 12.4. The van der Waals surface area contributed by atoms with Crippen molar-refractivity contribution in [2.75, 3.05) is 31.1 Å². The molecule has 1 aliphatic rings. The molecule has 2 aromatic heterocycles. The summed E-state index contributed by atoms with van der Waals surface area (Å²) in [6.45, 7) is 4.59. The SMILES string of the molecule is NC(=O)c1ccnc(N2CCN(Cc3cccnc3)CC2)c1. The lowest BCUT2D eigenvalue weighted by Crippen LogP contribution is -2.46. The van der Waals surface area contributed by atoms with Crippen molar-refractivity contribution in [3.63, 3.8) is 0 Å². The van der Waals surface area contributed by atoms with Gasteiger partial charge in [-0.15, -0.1) is 0 Å². The van der Waals surface area contributed by atoms with E-state index in [1.807, 2.05) is 12.3 Å². The maximum Gasteiger partial charge on any atom is 0.248 e. The van der Waals surface area contributed by atoms with Crippen LogP contribution in [-0.4, -0.2) is 47.0 Å². The van der Waals surface area contributed by atoms with Crippen LogP contribution in [0.4, 0.5) is 5.82 Å². The first-order chi connectivity index (χ1) is 10.7. The number of piperazine rings is 1. The maximum atomic E-state index is 11.3. The minimum atomic E-state index is -0.418. The van der Waals surface area contributed by atoms with E-state index in [-0.39, 0.29) is 0 Å². The zero-order valence-electron chi connectivity index (χ0n) is 12.4. The van der Waals surface area contributed by atoms with Crippen LogP contribution in [-0.2, 0) is 6.54 Å². The topological polar surface area (TPSA) is 75.4 Å². The van der Waals surface area contributed by atoms with E-state index in [0.717, 1.165) is 38.5 Å². The molecule has 3 rings (SSSR count).